The standard InChI is InChI=1S/C22H30FN3O4/c1-22(2,3)30-21(29)25-13-11-24(12-14-25)20(28)17-5-4-10-26(15-17)19(27)16-6-8-18(23)9-7-16/h6-9,17H,4-5,10-15H2,1-3H3. The van der Waals surface area contributed by atoms with Crippen LogP contribution in [0.5, 0.6) is 0 Å². The van der Waals surface area contributed by atoms with E-state index in [1.807, 2.05) is 20.8 Å². The first-order valence-corrected chi connectivity index (χ1v) is 10.5. The Morgan fingerprint density at radius 1 is 0.933 bits per heavy atom. The zero-order valence-corrected chi connectivity index (χ0v) is 17.9. The molecule has 1 aromatic rings. The van der Waals surface area contributed by atoms with Gasteiger partial charge in [-0.3, -0.25) is 9.59 Å². The van der Waals surface area contributed by atoms with Gasteiger partial charge in [0, 0.05) is 44.8 Å². The molecule has 164 valence electrons. The molecule has 0 aliphatic carbocycles. The minimum atomic E-state index is -0.549. The average molecular weight is 419 g/mol. The van der Waals surface area contributed by atoms with Crippen molar-refractivity contribution in [2.24, 2.45) is 5.92 Å². The first kappa shape index (κ1) is 22.1. The van der Waals surface area contributed by atoms with E-state index >= 15 is 0 Å². The molecular formula is C22H30FN3O4. The van der Waals surface area contributed by atoms with Crippen LogP contribution in [-0.2, 0) is 9.53 Å². The Balaban J connectivity index is 1.54. The number of carbonyl (C=O) groups is 3. The Kier molecular flexibility index (Phi) is 6.63. The summed E-state index contributed by atoms with van der Waals surface area (Å²) in [6, 6.07) is 5.48. The molecule has 0 aromatic heterocycles. The molecular weight excluding hydrogens is 389 g/mol. The molecule has 0 radical (unpaired) electrons. The number of likely N-dealkylation sites (tertiary alicyclic amines) is 1. The first-order chi connectivity index (χ1) is 14.1. The van der Waals surface area contributed by atoms with Gasteiger partial charge in [0.2, 0.25) is 5.91 Å². The summed E-state index contributed by atoms with van der Waals surface area (Å²) in [6.45, 7) is 8.22. The van der Waals surface area contributed by atoms with E-state index in [0.717, 1.165) is 12.8 Å². The second-order valence-corrected chi connectivity index (χ2v) is 8.89. The summed E-state index contributed by atoms with van der Waals surface area (Å²) in [5.41, 5.74) is -0.123. The molecule has 30 heavy (non-hydrogen) atoms. The molecule has 0 spiro atoms. The fourth-order valence-electron chi connectivity index (χ4n) is 3.83. The average Bonchev–Trinajstić information content (AvgIpc) is 2.72. The van der Waals surface area contributed by atoms with Crippen LogP contribution in [-0.4, -0.2) is 77.5 Å². The molecule has 8 heteroatoms. The molecule has 2 fully saturated rings. The molecule has 7 nitrogen and oxygen atoms in total. The fourth-order valence-corrected chi connectivity index (χ4v) is 3.83. The van der Waals surface area contributed by atoms with E-state index in [-0.39, 0.29) is 29.6 Å². The SMILES string of the molecule is CC(C)(C)OC(=O)N1CCN(C(=O)C2CCCN(C(=O)c3ccc(F)cc3)C2)CC1. The van der Waals surface area contributed by atoms with Gasteiger partial charge in [0.05, 0.1) is 5.92 Å². The number of rotatable bonds is 2. The largest absolute Gasteiger partial charge is 0.444 e. The van der Waals surface area contributed by atoms with Gasteiger partial charge in [-0.1, -0.05) is 0 Å². The quantitative estimate of drug-likeness (QED) is 0.739. The molecule has 2 aliphatic rings. The van der Waals surface area contributed by atoms with Crippen LogP contribution in [0.4, 0.5) is 9.18 Å². The van der Waals surface area contributed by atoms with Crippen molar-refractivity contribution in [3.8, 4) is 0 Å². The highest BCUT2D eigenvalue weighted by molar-refractivity contribution is 5.94. The van der Waals surface area contributed by atoms with E-state index in [2.05, 4.69) is 0 Å². The molecule has 3 rings (SSSR count). The van der Waals surface area contributed by atoms with Gasteiger partial charge in [0.1, 0.15) is 11.4 Å². The van der Waals surface area contributed by atoms with Crippen molar-refractivity contribution in [3.05, 3.63) is 35.6 Å². The second kappa shape index (κ2) is 9.02. The lowest BCUT2D eigenvalue weighted by atomic mass is 9.95. The van der Waals surface area contributed by atoms with Gasteiger partial charge in [-0.2, -0.15) is 0 Å². The van der Waals surface area contributed by atoms with Crippen molar-refractivity contribution in [1.29, 1.82) is 0 Å². The van der Waals surface area contributed by atoms with Crippen LogP contribution in [0.1, 0.15) is 44.0 Å². The van der Waals surface area contributed by atoms with Gasteiger partial charge in [-0.25, -0.2) is 9.18 Å². The number of ether oxygens (including phenoxy) is 1. The van der Waals surface area contributed by atoms with Crippen molar-refractivity contribution in [3.63, 3.8) is 0 Å². The Morgan fingerprint density at radius 3 is 2.13 bits per heavy atom. The first-order valence-electron chi connectivity index (χ1n) is 10.5. The Hall–Kier alpha value is -2.64. The zero-order chi connectivity index (χ0) is 21.9. The molecule has 2 heterocycles. The third-order valence-electron chi connectivity index (χ3n) is 5.39. The predicted molar refractivity (Wildman–Crippen MR) is 109 cm³/mol. The van der Waals surface area contributed by atoms with Gasteiger partial charge < -0.3 is 19.4 Å². The molecule has 2 aliphatic heterocycles. The van der Waals surface area contributed by atoms with Gasteiger partial charge in [-0.15, -0.1) is 0 Å². The summed E-state index contributed by atoms with van der Waals surface area (Å²) in [5.74, 6) is -0.794. The summed E-state index contributed by atoms with van der Waals surface area (Å²) in [6.07, 6.45) is 1.13. The van der Waals surface area contributed by atoms with E-state index < -0.39 is 5.60 Å². The third-order valence-corrected chi connectivity index (χ3v) is 5.39. The van der Waals surface area contributed by atoms with Crippen LogP contribution in [0.2, 0.25) is 0 Å². The minimum Gasteiger partial charge on any atom is -0.444 e. The van der Waals surface area contributed by atoms with Crippen LogP contribution in [0.3, 0.4) is 0 Å². The van der Waals surface area contributed by atoms with E-state index in [9.17, 15) is 18.8 Å². The lowest BCUT2D eigenvalue weighted by Gasteiger charge is -2.39. The lowest BCUT2D eigenvalue weighted by Crippen LogP contribution is -2.54. The zero-order valence-electron chi connectivity index (χ0n) is 17.9. The number of carbonyl (C=O) groups excluding carboxylic acids is 3. The van der Waals surface area contributed by atoms with E-state index in [0.29, 0.717) is 44.8 Å². The number of amides is 3. The number of piperidine rings is 1. The van der Waals surface area contributed by atoms with Gasteiger partial charge in [0.15, 0.2) is 0 Å². The smallest absolute Gasteiger partial charge is 0.410 e. The summed E-state index contributed by atoms with van der Waals surface area (Å²) >= 11 is 0. The Bertz CT molecular complexity index is 783. The van der Waals surface area contributed by atoms with Crippen molar-refractivity contribution < 1.29 is 23.5 Å². The highest BCUT2D eigenvalue weighted by Crippen LogP contribution is 2.22. The molecule has 1 aromatic carbocycles. The van der Waals surface area contributed by atoms with Gasteiger partial charge in [0.25, 0.3) is 5.91 Å². The van der Waals surface area contributed by atoms with Crippen LogP contribution >= 0.6 is 0 Å². The van der Waals surface area contributed by atoms with Crippen LogP contribution in [0.25, 0.3) is 0 Å². The number of piperazine rings is 1. The van der Waals surface area contributed by atoms with Crippen molar-refractivity contribution in [2.45, 2.75) is 39.2 Å². The summed E-state index contributed by atoms with van der Waals surface area (Å²) in [4.78, 5) is 43.0. The summed E-state index contributed by atoms with van der Waals surface area (Å²) in [7, 11) is 0. The fraction of sp³-hybridized carbons (Fsp3) is 0.591. The van der Waals surface area contributed by atoms with E-state index in [1.165, 1.54) is 24.3 Å². The van der Waals surface area contributed by atoms with Gasteiger partial charge >= 0.3 is 6.09 Å². The molecule has 0 N–H and O–H groups in total. The minimum absolute atomic E-state index is 0.0236. The number of halogens is 1. The predicted octanol–water partition coefficient (Wildman–Crippen LogP) is 2.76. The highest BCUT2D eigenvalue weighted by atomic mass is 19.1. The van der Waals surface area contributed by atoms with Crippen LogP contribution < -0.4 is 0 Å². The van der Waals surface area contributed by atoms with Crippen molar-refractivity contribution in [2.75, 3.05) is 39.3 Å². The lowest BCUT2D eigenvalue weighted by molar-refractivity contribution is -0.138. The molecule has 0 saturated carbocycles. The number of hydrogen-bond donors (Lipinski definition) is 0. The normalized spacial score (nSPS) is 20.1. The monoisotopic (exact) mass is 419 g/mol. The topological polar surface area (TPSA) is 70.2 Å². The highest BCUT2D eigenvalue weighted by Gasteiger charge is 2.34. The summed E-state index contributed by atoms with van der Waals surface area (Å²) < 4.78 is 18.5. The Morgan fingerprint density at radius 2 is 1.53 bits per heavy atom. The van der Waals surface area contributed by atoms with E-state index in [4.69, 9.17) is 4.74 Å². The molecule has 1 atom stereocenters. The van der Waals surface area contributed by atoms with Gasteiger partial charge in [-0.05, 0) is 57.9 Å². The van der Waals surface area contributed by atoms with Crippen molar-refractivity contribution >= 4 is 17.9 Å². The molecule has 1 unspecified atom stereocenters. The van der Waals surface area contributed by atoms with E-state index in [1.54, 1.807) is 14.7 Å². The maximum Gasteiger partial charge on any atom is 0.410 e. The number of hydrogen-bond acceptors (Lipinski definition) is 4. The summed E-state index contributed by atoms with van der Waals surface area (Å²) in [5, 5.41) is 0. The number of nitrogens with zero attached hydrogens (tertiary/aromatic N) is 3. The van der Waals surface area contributed by atoms with Crippen LogP contribution in [0, 0.1) is 11.7 Å². The Labute approximate surface area is 176 Å². The van der Waals surface area contributed by atoms with Crippen LogP contribution in [0.15, 0.2) is 24.3 Å². The maximum atomic E-state index is 13.1. The number of benzene rings is 1. The maximum absolute atomic E-state index is 13.1. The van der Waals surface area contributed by atoms with Crippen molar-refractivity contribution in [1.82, 2.24) is 14.7 Å². The molecule has 2 saturated heterocycles. The molecule has 0 bridgehead atoms. The molecule has 3 amide bonds. The second-order valence-electron chi connectivity index (χ2n) is 8.89. The third kappa shape index (κ3) is 5.49.